The summed E-state index contributed by atoms with van der Waals surface area (Å²) in [6.45, 7) is 6.41. The van der Waals surface area contributed by atoms with Gasteiger partial charge in [0.1, 0.15) is 17.3 Å². The quantitative estimate of drug-likeness (QED) is 0.199. The molecule has 0 saturated heterocycles. The Morgan fingerprint density at radius 2 is 1.60 bits per heavy atom. The number of ether oxygens (including phenoxy) is 1. The van der Waals surface area contributed by atoms with Crippen molar-refractivity contribution in [1.82, 2.24) is 19.3 Å². The maximum Gasteiger partial charge on any atom is 0.137 e. The zero-order valence-electron chi connectivity index (χ0n) is 25.0. The first-order valence-corrected chi connectivity index (χ1v) is 14.5. The summed E-state index contributed by atoms with van der Waals surface area (Å²) in [6.07, 6.45) is 3.54. The third-order valence-corrected chi connectivity index (χ3v) is 7.80. The molecule has 0 atom stereocenters. The minimum atomic E-state index is 0.479. The van der Waals surface area contributed by atoms with Gasteiger partial charge in [0.05, 0.1) is 29.5 Å². The molecule has 0 aliphatic carbocycles. The average Bonchev–Trinajstić information content (AvgIpc) is 3.56. The molecule has 7 aromatic rings. The molecule has 4 aromatic carbocycles. The summed E-state index contributed by atoms with van der Waals surface area (Å²) in [4.78, 5) is 4.68. The normalized spacial score (nSPS) is 11.7. The molecule has 0 aliphatic heterocycles. The van der Waals surface area contributed by atoms with E-state index in [0.717, 1.165) is 68.9 Å². The highest BCUT2D eigenvalue weighted by atomic mass is 16.5. The van der Waals surface area contributed by atoms with Gasteiger partial charge in [-0.2, -0.15) is 5.10 Å². The number of fused-ring (bicyclic) bond motifs is 3. The van der Waals surface area contributed by atoms with Crippen LogP contribution in [0.4, 0.5) is 0 Å². The van der Waals surface area contributed by atoms with Gasteiger partial charge in [0, 0.05) is 34.7 Å². The van der Waals surface area contributed by atoms with Crippen LogP contribution < -0.4 is 4.74 Å². The fourth-order valence-electron chi connectivity index (χ4n) is 5.88. The fraction of sp³-hybridized carbons (Fsp3) is 0.135. The van der Waals surface area contributed by atoms with E-state index in [-0.39, 0.29) is 0 Å². The van der Waals surface area contributed by atoms with E-state index >= 15 is 0 Å². The molecular formula is C37H32N4O. The molecule has 0 radical (unpaired) electrons. The Morgan fingerprint density at radius 3 is 2.40 bits per heavy atom. The largest absolute Gasteiger partial charge is 0.457 e. The minimum Gasteiger partial charge on any atom is -0.457 e. The van der Waals surface area contributed by atoms with Gasteiger partial charge >= 0.3 is 0 Å². The molecule has 0 N–H and O–H groups in total. The predicted molar refractivity (Wildman–Crippen MR) is 171 cm³/mol. The number of para-hydroxylation sites is 1. The molecule has 0 unspecified atom stereocenters. The number of aryl methyl sites for hydroxylation is 2. The van der Waals surface area contributed by atoms with Crippen molar-refractivity contribution in [2.75, 3.05) is 0 Å². The summed E-state index contributed by atoms with van der Waals surface area (Å²) in [5.41, 5.74) is 8.78. The van der Waals surface area contributed by atoms with E-state index in [1.54, 1.807) is 0 Å². The Morgan fingerprint density at radius 1 is 0.762 bits per heavy atom. The van der Waals surface area contributed by atoms with E-state index in [0.29, 0.717) is 6.04 Å². The number of hydrogen-bond acceptors (Lipinski definition) is 3. The fourth-order valence-corrected chi connectivity index (χ4v) is 5.88. The van der Waals surface area contributed by atoms with E-state index < -0.39 is 0 Å². The van der Waals surface area contributed by atoms with Gasteiger partial charge in [0.15, 0.2) is 0 Å². The summed E-state index contributed by atoms with van der Waals surface area (Å²) in [5.74, 6) is 2.30. The first kappa shape index (κ1) is 24.6. The van der Waals surface area contributed by atoms with Crippen LogP contribution in [-0.2, 0) is 12.8 Å². The van der Waals surface area contributed by atoms with Crippen LogP contribution in [0.25, 0.3) is 44.4 Å². The molecular weight excluding hydrogens is 516 g/mol. The maximum atomic E-state index is 8.23. The SMILES string of the molecule is [2H]c1ccc2c(c1)c1ccc(Oc3cccc(-n4nc(CC)c(-c5ccccc5)c4CC)c3)cc1n2-c1cc(C)ccn1. The second-order valence-corrected chi connectivity index (χ2v) is 10.5. The van der Waals surface area contributed by atoms with Crippen molar-refractivity contribution < 1.29 is 6.11 Å². The standard InChI is InChI=1S/C37H32N4O/c1-4-32-37(26-12-7-6-8-13-26)33(5-2)41(39-32)27-14-11-15-28(23-27)42-29-18-19-31-30-16-9-10-17-34(30)40(35(31)24-29)36-22-25(3)20-21-38-36/h6-24H,4-5H2,1-3H3/i9D. The summed E-state index contributed by atoms with van der Waals surface area (Å²) < 4.78 is 18.9. The molecule has 0 bridgehead atoms. The van der Waals surface area contributed by atoms with E-state index in [9.17, 15) is 0 Å². The molecule has 3 aromatic heterocycles. The maximum absolute atomic E-state index is 8.23. The Labute approximate surface area is 247 Å². The number of aromatic nitrogens is 4. The first-order valence-electron chi connectivity index (χ1n) is 15.0. The van der Waals surface area contributed by atoms with Crippen molar-refractivity contribution in [3.8, 4) is 34.1 Å². The highest BCUT2D eigenvalue weighted by Gasteiger charge is 2.19. The molecule has 42 heavy (non-hydrogen) atoms. The van der Waals surface area contributed by atoms with Gasteiger partial charge in [-0.15, -0.1) is 0 Å². The first-order chi connectivity index (χ1) is 21.0. The zero-order valence-corrected chi connectivity index (χ0v) is 24.0. The molecule has 0 aliphatic rings. The highest BCUT2D eigenvalue weighted by Crippen LogP contribution is 2.36. The second-order valence-electron chi connectivity index (χ2n) is 10.5. The van der Waals surface area contributed by atoms with Gasteiger partial charge in [-0.3, -0.25) is 4.57 Å². The topological polar surface area (TPSA) is 44.9 Å². The van der Waals surface area contributed by atoms with E-state index in [1.807, 2.05) is 54.7 Å². The summed E-state index contributed by atoms with van der Waals surface area (Å²) in [6, 6.07) is 35.1. The monoisotopic (exact) mass is 549 g/mol. The molecule has 5 heteroatoms. The van der Waals surface area contributed by atoms with Crippen LogP contribution in [0.1, 0.15) is 32.2 Å². The predicted octanol–water partition coefficient (Wildman–Crippen LogP) is 9.26. The van der Waals surface area contributed by atoms with Crippen LogP contribution in [0.2, 0.25) is 0 Å². The van der Waals surface area contributed by atoms with Crippen LogP contribution in [0, 0.1) is 6.92 Å². The van der Waals surface area contributed by atoms with E-state index in [4.69, 9.17) is 11.2 Å². The number of hydrogen-bond donors (Lipinski definition) is 0. The second kappa shape index (κ2) is 10.7. The molecule has 0 spiro atoms. The number of pyridine rings is 1. The Kier molecular flexibility index (Phi) is 6.26. The lowest BCUT2D eigenvalue weighted by Gasteiger charge is -2.12. The number of benzene rings is 4. The van der Waals surface area contributed by atoms with Gasteiger partial charge in [0.2, 0.25) is 0 Å². The van der Waals surface area contributed by atoms with Crippen molar-refractivity contribution in [2.45, 2.75) is 33.6 Å². The molecule has 0 amide bonds. The summed E-state index contributed by atoms with van der Waals surface area (Å²) in [5, 5.41) is 7.13. The Bertz CT molecular complexity index is 2110. The van der Waals surface area contributed by atoms with Crippen molar-refractivity contribution in [3.63, 3.8) is 0 Å². The lowest BCUT2D eigenvalue weighted by atomic mass is 10.0. The molecule has 7 rings (SSSR count). The summed E-state index contributed by atoms with van der Waals surface area (Å²) >= 11 is 0. The van der Waals surface area contributed by atoms with Crippen molar-refractivity contribution in [3.05, 3.63) is 132 Å². The van der Waals surface area contributed by atoms with Crippen LogP contribution in [-0.4, -0.2) is 19.3 Å². The lowest BCUT2D eigenvalue weighted by Crippen LogP contribution is -2.02. The van der Waals surface area contributed by atoms with Crippen LogP contribution in [0.3, 0.4) is 0 Å². The van der Waals surface area contributed by atoms with Gasteiger partial charge in [0.25, 0.3) is 0 Å². The number of nitrogens with zero attached hydrogens (tertiary/aromatic N) is 4. The third-order valence-electron chi connectivity index (χ3n) is 7.80. The van der Waals surface area contributed by atoms with E-state index in [2.05, 4.69) is 89.6 Å². The van der Waals surface area contributed by atoms with Crippen LogP contribution in [0.5, 0.6) is 11.5 Å². The molecule has 3 heterocycles. The van der Waals surface area contributed by atoms with Crippen molar-refractivity contribution in [1.29, 1.82) is 0 Å². The molecule has 0 saturated carbocycles. The smallest absolute Gasteiger partial charge is 0.137 e. The van der Waals surface area contributed by atoms with Crippen LogP contribution in [0.15, 0.2) is 115 Å². The van der Waals surface area contributed by atoms with Gasteiger partial charge in [-0.1, -0.05) is 68.4 Å². The molecule has 206 valence electrons. The minimum absolute atomic E-state index is 0.479. The van der Waals surface area contributed by atoms with Gasteiger partial charge in [-0.05, 0) is 73.4 Å². The molecule has 0 fully saturated rings. The Hall–Kier alpha value is -5.16. The van der Waals surface area contributed by atoms with Gasteiger partial charge < -0.3 is 4.74 Å². The lowest BCUT2D eigenvalue weighted by molar-refractivity contribution is 0.482. The Balaban J connectivity index is 1.31. The summed E-state index contributed by atoms with van der Waals surface area (Å²) in [7, 11) is 0. The van der Waals surface area contributed by atoms with E-state index in [1.165, 1.54) is 16.8 Å². The van der Waals surface area contributed by atoms with Crippen molar-refractivity contribution in [2.24, 2.45) is 0 Å². The van der Waals surface area contributed by atoms with Crippen molar-refractivity contribution >= 4 is 21.8 Å². The average molecular weight is 550 g/mol. The van der Waals surface area contributed by atoms with Gasteiger partial charge in [-0.25, -0.2) is 9.67 Å². The highest BCUT2D eigenvalue weighted by molar-refractivity contribution is 6.09. The third kappa shape index (κ3) is 4.44. The van der Waals surface area contributed by atoms with Crippen LogP contribution >= 0.6 is 0 Å². The molecule has 5 nitrogen and oxygen atoms in total. The number of rotatable bonds is 7. The zero-order chi connectivity index (χ0) is 29.5.